The van der Waals surface area contributed by atoms with Gasteiger partial charge in [0.2, 0.25) is 0 Å². The average molecular weight is 198 g/mol. The largest absolute Gasteiger partial charge is 0.292 e. The Morgan fingerprint density at radius 1 is 1.71 bits per heavy atom. The van der Waals surface area contributed by atoms with Crippen molar-refractivity contribution < 1.29 is 15.1 Å². The van der Waals surface area contributed by atoms with E-state index in [-0.39, 0.29) is 0 Å². The van der Waals surface area contributed by atoms with E-state index in [0.29, 0.717) is 4.90 Å². The summed E-state index contributed by atoms with van der Waals surface area (Å²) in [4.78, 5) is 0.508. The van der Waals surface area contributed by atoms with Crippen LogP contribution in [0.25, 0.3) is 0 Å². The topological polar surface area (TPSA) is 3.24 Å². The maximum Gasteiger partial charge on any atom is 0.0626 e. The fraction of sp³-hybridized carbons (Fsp3) is 0.385. The van der Waals surface area contributed by atoms with Gasteiger partial charge in [-0.1, -0.05) is 36.1 Å². The highest BCUT2D eigenvalue weighted by Crippen LogP contribution is 2.06. The van der Waals surface area contributed by atoms with Crippen LogP contribution in [0.5, 0.6) is 0 Å². The highest BCUT2D eigenvalue weighted by atomic mass is 15.1. The van der Waals surface area contributed by atoms with Crippen LogP contribution in [0.15, 0.2) is 30.2 Å². The summed E-state index contributed by atoms with van der Waals surface area (Å²) in [5.41, 5.74) is -0.392. The van der Waals surface area contributed by atoms with Crippen LogP contribution in [0.1, 0.15) is 27.5 Å². The Kier molecular flexibility index (Phi) is 1.22. The molecule has 0 amide bonds. The molecule has 1 nitrogen and oxygen atoms in total. The minimum absolute atomic E-state index is 0.392. The van der Waals surface area contributed by atoms with Gasteiger partial charge in [-0.3, -0.25) is 4.90 Å². The molecule has 0 spiro atoms. The summed E-state index contributed by atoms with van der Waals surface area (Å²) in [5, 5.41) is 0. The van der Waals surface area contributed by atoms with Crippen LogP contribution in [-0.2, 0) is 6.42 Å². The molecule has 0 radical (unpaired) electrons. The monoisotopic (exact) mass is 198 g/mol. The molecule has 74 valence electrons. The second-order valence-corrected chi connectivity index (χ2v) is 2.54. The number of likely N-dealkylation sites (N-methyl/N-ethyl adjacent to an activating group) is 1. The van der Waals surface area contributed by atoms with Gasteiger partial charge in [-0.15, -0.1) is 6.42 Å². The van der Waals surface area contributed by atoms with Crippen LogP contribution < -0.4 is 0 Å². The van der Waals surface area contributed by atoms with Gasteiger partial charge in [-0.05, 0) is 25.9 Å². The lowest BCUT2D eigenvalue weighted by Crippen LogP contribution is -2.31. The molecule has 0 aromatic heterocycles. The molecule has 1 aromatic rings. The van der Waals surface area contributed by atoms with Crippen molar-refractivity contribution in [2.45, 2.75) is 19.3 Å². The molecule has 0 fully saturated rings. The van der Waals surface area contributed by atoms with Crippen molar-refractivity contribution in [3.63, 3.8) is 0 Å². The van der Waals surface area contributed by atoms with Crippen molar-refractivity contribution in [1.29, 1.82) is 0 Å². The minimum Gasteiger partial charge on any atom is -0.292 e. The van der Waals surface area contributed by atoms with Crippen molar-refractivity contribution >= 4 is 0 Å². The summed E-state index contributed by atoms with van der Waals surface area (Å²) in [6, 6.07) is -5.90. The van der Waals surface area contributed by atoms with Crippen molar-refractivity contribution in [3.8, 4) is 12.3 Å². The lowest BCUT2D eigenvalue weighted by Gasteiger charge is -2.22. The molecule has 1 atom stereocenters. The molecule has 0 heterocycles. The third-order valence-corrected chi connectivity index (χ3v) is 1.53. The third-order valence-electron chi connectivity index (χ3n) is 1.53. The first-order valence-corrected chi connectivity index (χ1v) is 3.89. The van der Waals surface area contributed by atoms with Crippen LogP contribution in [0.2, 0.25) is 0 Å². The highest BCUT2D eigenvalue weighted by Gasteiger charge is 2.07. The quantitative estimate of drug-likeness (QED) is 0.670. The third kappa shape index (κ3) is 3.24. The zero-order valence-corrected chi connectivity index (χ0v) is 7.73. The van der Waals surface area contributed by atoms with Gasteiger partial charge in [0.15, 0.2) is 0 Å². The SMILES string of the molecule is [2H]c1c([2H])c([2H])c(C[C@]([2H])(N(C)C([2H])([2H])C#C)C([2H])([2H])[2H])c([2H])c1[2H]. The molecular weight excluding hydrogens is 170 g/mol. The molecular formula is C13H17N. The molecule has 0 bridgehead atoms. The molecule has 0 saturated heterocycles. The van der Waals surface area contributed by atoms with Gasteiger partial charge in [0.1, 0.15) is 0 Å². The van der Waals surface area contributed by atoms with Gasteiger partial charge in [0.05, 0.1) is 16.1 Å². The van der Waals surface area contributed by atoms with E-state index in [1.807, 2.05) is 0 Å². The number of benzene rings is 1. The summed E-state index contributed by atoms with van der Waals surface area (Å²) in [6.45, 7) is -5.67. The molecule has 14 heavy (non-hydrogen) atoms. The first-order chi connectivity index (χ1) is 11.1. The lowest BCUT2D eigenvalue weighted by molar-refractivity contribution is 0.287. The Bertz CT molecular complexity index is 689. The van der Waals surface area contributed by atoms with Crippen molar-refractivity contribution in [2.24, 2.45) is 0 Å². The smallest absolute Gasteiger partial charge is 0.0626 e. The van der Waals surface area contributed by atoms with E-state index in [4.69, 9.17) is 21.5 Å². The molecule has 0 N–H and O–H groups in total. The van der Waals surface area contributed by atoms with E-state index < -0.39 is 61.6 Å². The Morgan fingerprint density at radius 2 is 2.43 bits per heavy atom. The number of nitrogens with zero attached hydrogens (tertiary/aromatic N) is 1. The molecule has 0 aliphatic heterocycles. The van der Waals surface area contributed by atoms with Crippen LogP contribution >= 0.6 is 0 Å². The predicted molar refractivity (Wildman–Crippen MR) is 61.1 cm³/mol. The van der Waals surface area contributed by atoms with Crippen molar-refractivity contribution in [3.05, 3.63) is 35.8 Å². The first-order valence-electron chi connectivity index (χ1n) is 9.39. The number of hydrogen-bond donors (Lipinski definition) is 0. The number of hydrogen-bond acceptors (Lipinski definition) is 1. The molecule has 0 aliphatic carbocycles. The first kappa shape index (κ1) is 3.12. The number of rotatable bonds is 4. The Labute approximate surface area is 102 Å². The van der Waals surface area contributed by atoms with E-state index in [0.717, 1.165) is 7.05 Å². The van der Waals surface area contributed by atoms with Crippen LogP contribution in [0.4, 0.5) is 0 Å². The molecule has 1 aromatic carbocycles. The summed E-state index contributed by atoms with van der Waals surface area (Å²) < 4.78 is 85.2. The average Bonchev–Trinajstić information content (AvgIpc) is 2.53. The Morgan fingerprint density at radius 3 is 3.00 bits per heavy atom. The minimum atomic E-state index is -3.07. The maximum absolute atomic E-state index is 8.35. The summed E-state index contributed by atoms with van der Waals surface area (Å²) >= 11 is 0. The highest BCUT2D eigenvalue weighted by molar-refractivity contribution is 5.15. The van der Waals surface area contributed by atoms with E-state index in [1.54, 1.807) is 5.92 Å². The van der Waals surface area contributed by atoms with Gasteiger partial charge in [-0.25, -0.2) is 0 Å². The normalized spacial score (nSPS) is 27.9. The van der Waals surface area contributed by atoms with E-state index in [2.05, 4.69) is 0 Å². The summed E-state index contributed by atoms with van der Waals surface area (Å²) in [7, 11) is 1.01. The van der Waals surface area contributed by atoms with E-state index >= 15 is 0 Å². The number of terminal acetylenes is 1. The Hall–Kier alpha value is -1.26. The molecule has 1 rings (SSSR count). The lowest BCUT2D eigenvalue weighted by atomic mass is 10.1. The Balaban J connectivity index is 3.63. The van der Waals surface area contributed by atoms with Gasteiger partial charge in [-0.2, -0.15) is 0 Å². The van der Waals surface area contributed by atoms with Crippen LogP contribution in [0.3, 0.4) is 0 Å². The van der Waals surface area contributed by atoms with Gasteiger partial charge in [0.25, 0.3) is 0 Å². The van der Waals surface area contributed by atoms with E-state index in [1.165, 1.54) is 0 Å². The zero-order chi connectivity index (χ0) is 20.0. The second kappa shape index (κ2) is 5.47. The standard InChI is InChI=1S/C13H17N/c1-4-10-14(3)12(2)11-13-8-6-5-7-9-13/h1,5-9,12H,10-11H2,2-3H3/t12-/m1/s1/i2D3,5D,6D,7D,8D,9D,10D2,12D. The van der Waals surface area contributed by atoms with Crippen LogP contribution in [-0.4, -0.2) is 24.5 Å². The van der Waals surface area contributed by atoms with Crippen molar-refractivity contribution in [2.75, 3.05) is 13.5 Å². The fourth-order valence-corrected chi connectivity index (χ4v) is 0.815. The molecule has 0 saturated carbocycles. The fourth-order valence-electron chi connectivity index (χ4n) is 0.815. The zero-order valence-electron chi connectivity index (χ0n) is 18.7. The van der Waals surface area contributed by atoms with Gasteiger partial charge >= 0.3 is 0 Å². The summed E-state index contributed by atoms with van der Waals surface area (Å²) in [6.07, 6.45) is 4.24. The van der Waals surface area contributed by atoms with Gasteiger partial charge < -0.3 is 0 Å². The molecule has 0 unspecified atom stereocenters. The maximum atomic E-state index is 8.35. The van der Waals surface area contributed by atoms with Gasteiger partial charge in [0, 0.05) is 11.5 Å². The molecule has 0 aliphatic rings. The molecule has 1 heteroatoms. The predicted octanol–water partition coefficient (Wildman–Crippen LogP) is 2.18. The summed E-state index contributed by atoms with van der Waals surface area (Å²) in [5.74, 6) is 1.76. The van der Waals surface area contributed by atoms with Crippen LogP contribution in [0, 0.1) is 12.3 Å². The van der Waals surface area contributed by atoms with Crippen molar-refractivity contribution in [1.82, 2.24) is 4.90 Å². The second-order valence-electron chi connectivity index (χ2n) is 2.54. The van der Waals surface area contributed by atoms with E-state index in [9.17, 15) is 0 Å².